The van der Waals surface area contributed by atoms with Gasteiger partial charge in [-0.2, -0.15) is 39.5 Å². The van der Waals surface area contributed by atoms with Crippen molar-refractivity contribution in [3.63, 3.8) is 0 Å². The zero-order valence-electron chi connectivity index (χ0n) is 20.6. The van der Waals surface area contributed by atoms with Gasteiger partial charge in [0.05, 0.1) is 26.7 Å². The average molecular weight is 677 g/mol. The molecule has 3 rings (SSSR count). The largest absolute Gasteiger partial charge is 0.417 e. The van der Waals surface area contributed by atoms with Gasteiger partial charge in [-0.05, 0) is 35.9 Å². The monoisotopic (exact) mass is 676 g/mol. The Hall–Kier alpha value is -3.18. The second-order valence-electron chi connectivity index (χ2n) is 8.80. The summed E-state index contributed by atoms with van der Waals surface area (Å²) in [5, 5.41) is -0.167. The second-order valence-corrected chi connectivity index (χ2v) is 9.62. The summed E-state index contributed by atoms with van der Waals surface area (Å²) in [6.45, 7) is -2.73. The number of nitrogens with one attached hydrogen (secondary N) is 1. The summed E-state index contributed by atoms with van der Waals surface area (Å²) in [7, 11) is 0. The van der Waals surface area contributed by atoms with E-state index in [1.54, 1.807) is 5.32 Å². The Morgan fingerprint density at radius 1 is 1.02 bits per heavy atom. The van der Waals surface area contributed by atoms with E-state index in [9.17, 15) is 57.9 Å². The molecule has 0 aromatic heterocycles. The van der Waals surface area contributed by atoms with Crippen molar-refractivity contribution in [1.82, 2.24) is 10.4 Å². The van der Waals surface area contributed by atoms with E-state index < -0.39 is 106 Å². The van der Waals surface area contributed by atoms with E-state index in [4.69, 9.17) is 23.2 Å². The summed E-state index contributed by atoms with van der Waals surface area (Å²) in [5.41, 5.74) is -6.14. The number of allylic oxidation sites excluding steroid dienone is 1. The number of halogens is 14. The van der Waals surface area contributed by atoms with Gasteiger partial charge in [0, 0.05) is 5.56 Å². The van der Waals surface area contributed by atoms with Gasteiger partial charge in [0.15, 0.2) is 0 Å². The highest BCUT2D eigenvalue weighted by atomic mass is 35.5. The molecule has 1 saturated heterocycles. The fraction of sp³-hybridized carbons (Fsp3) is 0.333. The number of carbonyl (C=O) groups is 2. The van der Waals surface area contributed by atoms with Gasteiger partial charge in [0.25, 0.3) is 18.2 Å². The van der Waals surface area contributed by atoms with Crippen molar-refractivity contribution < 1.29 is 67.1 Å². The third kappa shape index (κ3) is 8.26. The summed E-state index contributed by atoms with van der Waals surface area (Å²) >= 11 is 11.2. The first-order valence-electron chi connectivity index (χ1n) is 11.3. The van der Waals surface area contributed by atoms with Crippen LogP contribution in [0, 0.1) is 0 Å². The first kappa shape index (κ1) is 34.3. The van der Waals surface area contributed by atoms with E-state index >= 15 is 4.39 Å². The van der Waals surface area contributed by atoms with Crippen molar-refractivity contribution in [2.45, 2.75) is 36.9 Å². The molecule has 1 aliphatic rings. The highest BCUT2D eigenvalue weighted by molar-refractivity contribution is 6.36. The molecule has 2 atom stereocenters. The molecule has 19 heteroatoms. The van der Waals surface area contributed by atoms with Crippen molar-refractivity contribution in [3.05, 3.63) is 74.3 Å². The van der Waals surface area contributed by atoms with Crippen molar-refractivity contribution >= 4 is 40.8 Å². The van der Waals surface area contributed by atoms with Gasteiger partial charge in [-0.25, -0.2) is 18.2 Å². The van der Waals surface area contributed by atoms with Crippen LogP contribution in [0.4, 0.5) is 52.7 Å². The van der Waals surface area contributed by atoms with Gasteiger partial charge in [-0.15, -0.1) is 0 Å². The van der Waals surface area contributed by atoms with E-state index in [2.05, 4.69) is 4.84 Å². The number of benzene rings is 2. The average Bonchev–Trinajstić information content (AvgIpc) is 3.17. The summed E-state index contributed by atoms with van der Waals surface area (Å²) in [6.07, 6.45) is -19.1. The number of carbonyl (C=O) groups excluding carboxylic acids is 2. The lowest BCUT2D eigenvalue weighted by Gasteiger charge is -2.20. The molecular weight excluding hydrogens is 663 g/mol. The maximum absolute atomic E-state index is 15.0. The Morgan fingerprint density at radius 2 is 1.60 bits per heavy atom. The van der Waals surface area contributed by atoms with E-state index in [1.165, 1.54) is 0 Å². The maximum atomic E-state index is 15.0. The number of hydroxylamine groups is 2. The van der Waals surface area contributed by atoms with Gasteiger partial charge in [0.1, 0.15) is 30.9 Å². The predicted octanol–water partition coefficient (Wildman–Crippen LogP) is 8.04. The van der Waals surface area contributed by atoms with Crippen LogP contribution in [-0.4, -0.2) is 48.4 Å². The minimum atomic E-state index is -5.42. The standard InChI is InChI=1S/C24H14Cl2F12N2O3/c25-14-4-10(5-15(26)18(14)19(28)29)12(23(33,34)35)6-16(27)9-1-2-11(13(3-9)24(36,37)38)20(41)39-17-7-43-40(21(17)42)8-22(30,31)32/h1-6,12,17,19H,7-8H2,(H,39,41)/b16-6-/t12?,17-/m1/s1. The Morgan fingerprint density at radius 3 is 2.09 bits per heavy atom. The number of nitrogens with zero attached hydrogens (tertiary/aromatic N) is 1. The van der Waals surface area contributed by atoms with Crippen molar-refractivity contribution in [1.29, 1.82) is 0 Å². The topological polar surface area (TPSA) is 58.6 Å². The third-order valence-electron chi connectivity index (χ3n) is 5.76. The molecule has 1 aliphatic heterocycles. The molecule has 0 spiro atoms. The summed E-state index contributed by atoms with van der Waals surface area (Å²) in [4.78, 5) is 29.1. The van der Waals surface area contributed by atoms with E-state index in [0.29, 0.717) is 24.3 Å². The second kappa shape index (κ2) is 12.4. The molecule has 5 nitrogen and oxygen atoms in total. The zero-order chi connectivity index (χ0) is 32.7. The van der Waals surface area contributed by atoms with Gasteiger partial charge >= 0.3 is 18.5 Å². The molecular formula is C24H14Cl2F12N2O3. The van der Waals surface area contributed by atoms with Gasteiger partial charge in [-0.3, -0.25) is 14.4 Å². The molecule has 2 aromatic carbocycles. The van der Waals surface area contributed by atoms with Crippen LogP contribution >= 0.6 is 23.2 Å². The molecule has 1 unspecified atom stereocenters. The van der Waals surface area contributed by atoms with Crippen LogP contribution in [-0.2, 0) is 15.8 Å². The minimum Gasteiger partial charge on any atom is -0.338 e. The molecule has 1 N–H and O–H groups in total. The Labute approximate surface area is 242 Å². The number of rotatable bonds is 7. The minimum absolute atomic E-state index is 0.0169. The van der Waals surface area contributed by atoms with Gasteiger partial charge in [0.2, 0.25) is 0 Å². The lowest BCUT2D eigenvalue weighted by Crippen LogP contribution is -2.44. The number of amides is 2. The summed E-state index contributed by atoms with van der Waals surface area (Å²) in [6, 6.07) is -0.106. The van der Waals surface area contributed by atoms with Crippen molar-refractivity contribution in [3.8, 4) is 0 Å². The SMILES string of the molecule is O=C(N[C@@H]1CON(CC(F)(F)F)C1=O)c1ccc(/C(F)=C/C(c2cc(Cl)c(C(F)F)c(Cl)c2)C(F)(F)F)cc1C(F)(F)F. The predicted molar refractivity (Wildman–Crippen MR) is 126 cm³/mol. The van der Waals surface area contributed by atoms with E-state index in [0.717, 1.165) is 0 Å². The molecule has 2 amide bonds. The fourth-order valence-corrected chi connectivity index (χ4v) is 4.51. The molecule has 236 valence electrons. The van der Waals surface area contributed by atoms with Gasteiger partial charge in [-0.1, -0.05) is 29.3 Å². The molecule has 0 radical (unpaired) electrons. The third-order valence-corrected chi connectivity index (χ3v) is 6.38. The quantitative estimate of drug-likeness (QED) is 0.302. The first-order chi connectivity index (χ1) is 19.6. The highest BCUT2D eigenvalue weighted by Gasteiger charge is 2.43. The fourth-order valence-electron chi connectivity index (χ4n) is 3.84. The molecule has 1 heterocycles. The number of hydrogen-bond donors (Lipinski definition) is 1. The Kier molecular flexibility index (Phi) is 9.92. The molecule has 0 bridgehead atoms. The van der Waals surface area contributed by atoms with Crippen LogP contribution < -0.4 is 5.32 Å². The normalized spacial score (nSPS) is 17.6. The van der Waals surface area contributed by atoms with Crippen LogP contribution in [0.2, 0.25) is 10.0 Å². The lowest BCUT2D eigenvalue weighted by molar-refractivity contribution is -0.214. The molecule has 0 saturated carbocycles. The summed E-state index contributed by atoms with van der Waals surface area (Å²) < 4.78 is 161. The summed E-state index contributed by atoms with van der Waals surface area (Å²) in [5.74, 6) is -7.88. The lowest BCUT2D eigenvalue weighted by atomic mass is 9.94. The maximum Gasteiger partial charge on any atom is 0.417 e. The smallest absolute Gasteiger partial charge is 0.338 e. The van der Waals surface area contributed by atoms with Crippen LogP contribution in [0.3, 0.4) is 0 Å². The van der Waals surface area contributed by atoms with Crippen LogP contribution in [0.25, 0.3) is 5.83 Å². The van der Waals surface area contributed by atoms with Gasteiger partial charge < -0.3 is 5.32 Å². The highest BCUT2D eigenvalue weighted by Crippen LogP contribution is 2.43. The molecule has 43 heavy (non-hydrogen) atoms. The van der Waals surface area contributed by atoms with Crippen LogP contribution in [0.5, 0.6) is 0 Å². The van der Waals surface area contributed by atoms with Crippen molar-refractivity contribution in [2.75, 3.05) is 13.2 Å². The molecule has 2 aromatic rings. The van der Waals surface area contributed by atoms with Crippen LogP contribution in [0.1, 0.15) is 45.0 Å². The van der Waals surface area contributed by atoms with Crippen molar-refractivity contribution in [2.24, 2.45) is 0 Å². The Bertz CT molecular complexity index is 1400. The first-order valence-corrected chi connectivity index (χ1v) is 12.1. The Balaban J connectivity index is 1.96. The number of alkyl halides is 11. The number of hydrogen-bond acceptors (Lipinski definition) is 3. The molecule has 1 fully saturated rings. The zero-order valence-corrected chi connectivity index (χ0v) is 22.1. The molecule has 0 aliphatic carbocycles. The van der Waals surface area contributed by atoms with Crippen LogP contribution in [0.15, 0.2) is 36.4 Å². The van der Waals surface area contributed by atoms with E-state index in [1.807, 2.05) is 0 Å². The van der Waals surface area contributed by atoms with E-state index in [-0.39, 0.29) is 17.2 Å².